The second-order valence-corrected chi connectivity index (χ2v) is 6.93. The lowest BCUT2D eigenvalue weighted by Crippen LogP contribution is -2.25. The van der Waals surface area contributed by atoms with Crippen molar-refractivity contribution in [1.82, 2.24) is 4.98 Å². The Morgan fingerprint density at radius 3 is 2.25 bits per heavy atom. The zero-order valence-corrected chi connectivity index (χ0v) is 15.5. The Bertz CT molecular complexity index is 1180. The molecule has 0 aliphatic rings. The highest BCUT2D eigenvalue weighted by Gasteiger charge is 2.19. The molecule has 0 spiro atoms. The summed E-state index contributed by atoms with van der Waals surface area (Å²) < 4.78 is 0. The van der Waals surface area contributed by atoms with Gasteiger partial charge in [0.25, 0.3) is 0 Å². The molecule has 4 aromatic rings. The summed E-state index contributed by atoms with van der Waals surface area (Å²) in [6.07, 6.45) is -0.356. The number of hydrogen-bond donors (Lipinski definition) is 1. The largest absolute Gasteiger partial charge is 0.550 e. The molecule has 4 rings (SSSR count). The Labute approximate surface area is 166 Å². The molecule has 5 heteroatoms. The molecule has 1 N–H and O–H groups in total. The van der Waals surface area contributed by atoms with E-state index in [0.29, 0.717) is 27.1 Å². The summed E-state index contributed by atoms with van der Waals surface area (Å²) in [4.78, 5) is 27.3. The topological polar surface area (TPSA) is 73.0 Å². The van der Waals surface area contributed by atoms with Gasteiger partial charge < -0.3 is 14.9 Å². The number of aromatic amines is 1. The van der Waals surface area contributed by atoms with Crippen molar-refractivity contribution < 1.29 is 14.7 Å². The van der Waals surface area contributed by atoms with Gasteiger partial charge in [-0.2, -0.15) is 0 Å². The van der Waals surface area contributed by atoms with Crippen molar-refractivity contribution in [2.45, 2.75) is 6.42 Å². The fraction of sp³-hybridized carbons (Fsp3) is 0.0435. The third-order valence-corrected chi connectivity index (χ3v) is 4.91. The van der Waals surface area contributed by atoms with Gasteiger partial charge >= 0.3 is 0 Å². The molecule has 0 bridgehead atoms. The molecule has 4 nitrogen and oxygen atoms in total. The van der Waals surface area contributed by atoms with Crippen LogP contribution in [0.3, 0.4) is 0 Å². The van der Waals surface area contributed by atoms with E-state index < -0.39 is 5.97 Å². The van der Waals surface area contributed by atoms with E-state index in [9.17, 15) is 14.7 Å². The predicted octanol–water partition coefficient (Wildman–Crippen LogP) is 4.01. The standard InChI is InChI=1S/C23H16ClNO3/c24-17-10-11-18-19(13-21(26)27)22(25-20(18)12-17)23(28)16-8-6-15(7-9-16)14-4-2-1-3-5-14/h1-12,25H,13H2,(H,26,27)/p-1. The summed E-state index contributed by atoms with van der Waals surface area (Å²) >= 11 is 6.02. The summed E-state index contributed by atoms with van der Waals surface area (Å²) in [6.45, 7) is 0. The van der Waals surface area contributed by atoms with E-state index in [1.807, 2.05) is 42.5 Å². The van der Waals surface area contributed by atoms with Gasteiger partial charge in [0, 0.05) is 33.9 Å². The molecule has 3 aromatic carbocycles. The predicted molar refractivity (Wildman–Crippen MR) is 107 cm³/mol. The number of carboxylic acid groups (broad SMARTS) is 1. The Morgan fingerprint density at radius 2 is 1.57 bits per heavy atom. The van der Waals surface area contributed by atoms with Gasteiger partial charge in [0.2, 0.25) is 5.78 Å². The van der Waals surface area contributed by atoms with Gasteiger partial charge in [-0.15, -0.1) is 0 Å². The lowest BCUT2D eigenvalue weighted by Gasteiger charge is -2.07. The van der Waals surface area contributed by atoms with Gasteiger partial charge in [0.15, 0.2) is 0 Å². The lowest BCUT2D eigenvalue weighted by atomic mass is 9.99. The number of aromatic nitrogens is 1. The summed E-state index contributed by atoms with van der Waals surface area (Å²) in [5.41, 5.74) is 3.79. The molecule has 138 valence electrons. The van der Waals surface area contributed by atoms with Crippen molar-refractivity contribution >= 4 is 34.3 Å². The van der Waals surface area contributed by atoms with Crippen LogP contribution in [0.15, 0.2) is 72.8 Å². The van der Waals surface area contributed by atoms with Gasteiger partial charge in [-0.3, -0.25) is 4.79 Å². The number of ketones is 1. The van der Waals surface area contributed by atoms with E-state index in [-0.39, 0.29) is 17.9 Å². The minimum atomic E-state index is -1.25. The highest BCUT2D eigenvalue weighted by Crippen LogP contribution is 2.28. The number of fused-ring (bicyclic) bond motifs is 1. The van der Waals surface area contributed by atoms with E-state index in [4.69, 9.17) is 11.6 Å². The van der Waals surface area contributed by atoms with Crippen LogP contribution in [0.5, 0.6) is 0 Å². The monoisotopic (exact) mass is 388 g/mol. The fourth-order valence-corrected chi connectivity index (χ4v) is 3.51. The van der Waals surface area contributed by atoms with Crippen LogP contribution in [0.4, 0.5) is 0 Å². The average Bonchev–Trinajstić information content (AvgIpc) is 3.05. The van der Waals surface area contributed by atoms with Crippen LogP contribution < -0.4 is 5.11 Å². The highest BCUT2D eigenvalue weighted by atomic mass is 35.5. The van der Waals surface area contributed by atoms with Crippen molar-refractivity contribution in [3.8, 4) is 11.1 Å². The number of nitrogens with one attached hydrogen (secondary N) is 1. The Balaban J connectivity index is 1.75. The smallest absolute Gasteiger partial charge is 0.209 e. The molecular weight excluding hydrogens is 374 g/mol. The molecule has 1 heterocycles. The second-order valence-electron chi connectivity index (χ2n) is 6.49. The van der Waals surface area contributed by atoms with E-state index in [0.717, 1.165) is 11.1 Å². The summed E-state index contributed by atoms with van der Waals surface area (Å²) in [7, 11) is 0. The van der Waals surface area contributed by atoms with Gasteiger partial charge in [0.1, 0.15) is 0 Å². The van der Waals surface area contributed by atoms with Gasteiger partial charge in [-0.1, -0.05) is 72.3 Å². The van der Waals surface area contributed by atoms with Crippen molar-refractivity contribution in [2.75, 3.05) is 0 Å². The van der Waals surface area contributed by atoms with Gasteiger partial charge in [0.05, 0.1) is 5.69 Å². The third-order valence-electron chi connectivity index (χ3n) is 4.67. The van der Waals surface area contributed by atoms with Crippen LogP contribution in [0.25, 0.3) is 22.0 Å². The van der Waals surface area contributed by atoms with Crippen molar-refractivity contribution in [2.24, 2.45) is 0 Å². The first kappa shape index (κ1) is 18.0. The maximum atomic E-state index is 13.1. The number of aliphatic carboxylic acids is 1. The molecule has 0 atom stereocenters. The Hall–Kier alpha value is -3.37. The molecule has 0 aliphatic heterocycles. The van der Waals surface area contributed by atoms with Crippen molar-refractivity contribution in [3.63, 3.8) is 0 Å². The molecule has 0 saturated carbocycles. The van der Waals surface area contributed by atoms with Crippen molar-refractivity contribution in [3.05, 3.63) is 94.6 Å². The molecule has 0 radical (unpaired) electrons. The number of carbonyl (C=O) groups is 2. The normalized spacial score (nSPS) is 10.9. The highest BCUT2D eigenvalue weighted by molar-refractivity contribution is 6.31. The third kappa shape index (κ3) is 3.42. The zero-order chi connectivity index (χ0) is 19.7. The fourth-order valence-electron chi connectivity index (χ4n) is 3.34. The minimum absolute atomic E-state index is 0.244. The first-order chi connectivity index (χ1) is 13.5. The SMILES string of the molecule is O=C([O-])Cc1c(C(=O)c2ccc(-c3ccccc3)cc2)[nH]c2cc(Cl)ccc12. The van der Waals surface area contributed by atoms with E-state index in [1.165, 1.54) is 0 Å². The quantitative estimate of drug-likeness (QED) is 0.525. The molecular formula is C23H15ClNO3-. The molecule has 0 amide bonds. The summed E-state index contributed by atoms with van der Waals surface area (Å²) in [5, 5.41) is 12.4. The number of halogens is 1. The maximum absolute atomic E-state index is 13.1. The first-order valence-corrected chi connectivity index (χ1v) is 9.11. The van der Waals surface area contributed by atoms with Crippen LogP contribution in [0.2, 0.25) is 5.02 Å². The number of hydrogen-bond acceptors (Lipinski definition) is 3. The van der Waals surface area contributed by atoms with Crippen LogP contribution in [0.1, 0.15) is 21.6 Å². The molecule has 0 aliphatic carbocycles. The minimum Gasteiger partial charge on any atom is -0.550 e. The zero-order valence-electron chi connectivity index (χ0n) is 14.7. The molecule has 1 aromatic heterocycles. The second kappa shape index (κ2) is 7.33. The maximum Gasteiger partial charge on any atom is 0.209 e. The number of carbonyl (C=O) groups excluding carboxylic acids is 2. The van der Waals surface area contributed by atoms with Crippen LogP contribution in [-0.2, 0) is 11.2 Å². The Kier molecular flexibility index (Phi) is 4.72. The number of benzene rings is 3. The molecule has 0 unspecified atom stereocenters. The number of carboxylic acids is 1. The summed E-state index contributed by atoms with van der Waals surface area (Å²) in [5.74, 6) is -1.52. The van der Waals surface area contributed by atoms with Crippen LogP contribution >= 0.6 is 11.6 Å². The van der Waals surface area contributed by atoms with Crippen LogP contribution in [-0.4, -0.2) is 16.7 Å². The molecule has 0 fully saturated rings. The number of rotatable bonds is 5. The molecule has 28 heavy (non-hydrogen) atoms. The van der Waals surface area contributed by atoms with Gasteiger partial charge in [-0.25, -0.2) is 0 Å². The lowest BCUT2D eigenvalue weighted by molar-refractivity contribution is -0.304. The Morgan fingerprint density at radius 1 is 0.893 bits per heavy atom. The number of H-pyrrole nitrogens is 1. The van der Waals surface area contributed by atoms with E-state index in [1.54, 1.807) is 30.3 Å². The van der Waals surface area contributed by atoms with Crippen LogP contribution in [0, 0.1) is 0 Å². The first-order valence-electron chi connectivity index (χ1n) is 8.73. The molecule has 0 saturated heterocycles. The summed E-state index contributed by atoms with van der Waals surface area (Å²) in [6, 6.07) is 22.1. The average molecular weight is 389 g/mol. The van der Waals surface area contributed by atoms with Crippen molar-refractivity contribution in [1.29, 1.82) is 0 Å². The van der Waals surface area contributed by atoms with Gasteiger partial charge in [-0.05, 0) is 28.8 Å². The van der Waals surface area contributed by atoms with E-state index in [2.05, 4.69) is 4.98 Å². The van der Waals surface area contributed by atoms with E-state index >= 15 is 0 Å².